The summed E-state index contributed by atoms with van der Waals surface area (Å²) >= 11 is 0. The van der Waals surface area contributed by atoms with Crippen molar-refractivity contribution in [2.45, 2.75) is 19.3 Å². The quantitative estimate of drug-likeness (QED) is 0.445. The number of rotatable bonds is 2. The Morgan fingerprint density at radius 1 is 1.29 bits per heavy atom. The molecule has 1 saturated heterocycles. The van der Waals surface area contributed by atoms with Crippen molar-refractivity contribution in [3.63, 3.8) is 0 Å². The average Bonchev–Trinajstić information content (AvgIpc) is 2.68. The lowest BCUT2D eigenvalue weighted by atomic mass is 10.1. The van der Waals surface area contributed by atoms with E-state index in [2.05, 4.69) is 10.1 Å². The Morgan fingerprint density at radius 2 is 2.07 bits per heavy atom. The van der Waals surface area contributed by atoms with Gasteiger partial charge in [0, 0.05) is 19.2 Å². The van der Waals surface area contributed by atoms with E-state index in [0.717, 1.165) is 19.0 Å². The van der Waals surface area contributed by atoms with Crippen LogP contribution in [0.3, 0.4) is 0 Å². The third-order valence-electron chi connectivity index (χ3n) is 2.47. The molecule has 0 unspecified atom stereocenters. The highest BCUT2D eigenvalue weighted by Gasteiger charge is 2.13. The molecule has 0 atom stereocenters. The highest BCUT2D eigenvalue weighted by atomic mass is 16.4. The average molecular weight is 194 g/mol. The third kappa shape index (κ3) is 1.89. The van der Waals surface area contributed by atoms with Crippen molar-refractivity contribution in [1.82, 2.24) is 0 Å². The molecule has 2 heterocycles. The van der Waals surface area contributed by atoms with Gasteiger partial charge in [-0.1, -0.05) is 5.16 Å². The minimum absolute atomic E-state index is 0.591. The zero-order valence-corrected chi connectivity index (χ0v) is 8.02. The molecule has 2 rings (SSSR count). The molecular weight excluding hydrogens is 180 g/mol. The molecular formula is C10H14N2O2. The molecule has 0 radical (unpaired) electrons. The van der Waals surface area contributed by atoms with Gasteiger partial charge in [-0.3, -0.25) is 0 Å². The van der Waals surface area contributed by atoms with Crippen LogP contribution >= 0.6 is 0 Å². The lowest BCUT2D eigenvalue weighted by Gasteiger charge is -2.25. The van der Waals surface area contributed by atoms with Crippen molar-refractivity contribution in [3.05, 3.63) is 17.9 Å². The molecule has 1 aliphatic rings. The number of nitrogens with zero attached hydrogens (tertiary/aromatic N) is 2. The van der Waals surface area contributed by atoms with Gasteiger partial charge in [0.15, 0.2) is 11.6 Å². The first-order valence-electron chi connectivity index (χ1n) is 4.92. The summed E-state index contributed by atoms with van der Waals surface area (Å²) in [5, 5.41) is 11.3. The molecule has 1 aromatic rings. The number of oxime groups is 1. The van der Waals surface area contributed by atoms with Crippen LogP contribution in [0, 0.1) is 0 Å². The maximum Gasteiger partial charge on any atom is 0.196 e. The van der Waals surface area contributed by atoms with Crippen LogP contribution in [0.5, 0.6) is 0 Å². The molecule has 0 spiro atoms. The van der Waals surface area contributed by atoms with Crippen molar-refractivity contribution < 1.29 is 9.62 Å². The molecule has 76 valence electrons. The van der Waals surface area contributed by atoms with Crippen molar-refractivity contribution in [2.75, 3.05) is 18.0 Å². The van der Waals surface area contributed by atoms with E-state index < -0.39 is 0 Å². The predicted molar refractivity (Wildman–Crippen MR) is 54.2 cm³/mol. The summed E-state index contributed by atoms with van der Waals surface area (Å²) in [5.41, 5.74) is 0. The molecule has 0 saturated carbocycles. The van der Waals surface area contributed by atoms with Crippen LogP contribution in [0.25, 0.3) is 0 Å². The second-order valence-corrected chi connectivity index (χ2v) is 3.47. The normalized spacial score (nSPS) is 17.9. The zero-order valence-electron chi connectivity index (χ0n) is 8.02. The fraction of sp³-hybridized carbons (Fsp3) is 0.500. The van der Waals surface area contributed by atoms with E-state index in [9.17, 15) is 0 Å². The minimum atomic E-state index is 0.591. The number of furan rings is 1. The standard InChI is InChI=1S/C10H14N2O2/c13-11-8-9-4-5-10(14-9)12-6-2-1-3-7-12/h4-5,8,13H,1-3,6-7H2/b11-8+. The van der Waals surface area contributed by atoms with Gasteiger partial charge in [0.2, 0.25) is 0 Å². The lowest BCUT2D eigenvalue weighted by Crippen LogP contribution is -2.28. The van der Waals surface area contributed by atoms with Crippen molar-refractivity contribution in [1.29, 1.82) is 0 Å². The zero-order chi connectivity index (χ0) is 9.80. The highest BCUT2D eigenvalue weighted by Crippen LogP contribution is 2.21. The van der Waals surface area contributed by atoms with Gasteiger partial charge in [-0.2, -0.15) is 0 Å². The Bertz CT molecular complexity index is 314. The maximum atomic E-state index is 8.34. The fourth-order valence-electron chi connectivity index (χ4n) is 1.75. The second kappa shape index (κ2) is 4.17. The Hall–Kier alpha value is -1.45. The van der Waals surface area contributed by atoms with Crippen LogP contribution in [0.4, 0.5) is 5.88 Å². The summed E-state index contributed by atoms with van der Waals surface area (Å²) in [5.74, 6) is 1.47. The van der Waals surface area contributed by atoms with Gasteiger partial charge in [-0.25, -0.2) is 0 Å². The molecule has 0 bridgehead atoms. The van der Waals surface area contributed by atoms with Gasteiger partial charge < -0.3 is 14.5 Å². The van der Waals surface area contributed by atoms with Crippen LogP contribution in [0.15, 0.2) is 21.7 Å². The molecule has 0 aliphatic carbocycles. The van der Waals surface area contributed by atoms with Gasteiger partial charge in [0.1, 0.15) is 6.21 Å². The largest absolute Gasteiger partial charge is 0.439 e. The van der Waals surface area contributed by atoms with Crippen molar-refractivity contribution in [2.24, 2.45) is 5.16 Å². The predicted octanol–water partition coefficient (Wildman–Crippen LogP) is 2.08. The number of piperidine rings is 1. The number of hydrogen-bond acceptors (Lipinski definition) is 4. The highest BCUT2D eigenvalue weighted by molar-refractivity contribution is 5.76. The summed E-state index contributed by atoms with van der Waals surface area (Å²) in [6, 6.07) is 3.73. The van der Waals surface area contributed by atoms with Gasteiger partial charge in [-0.15, -0.1) is 0 Å². The van der Waals surface area contributed by atoms with E-state index in [4.69, 9.17) is 9.62 Å². The molecule has 1 aromatic heterocycles. The van der Waals surface area contributed by atoms with Crippen LogP contribution in [-0.4, -0.2) is 24.5 Å². The van der Waals surface area contributed by atoms with Crippen LogP contribution in [0.1, 0.15) is 25.0 Å². The van der Waals surface area contributed by atoms with Gasteiger partial charge >= 0.3 is 0 Å². The smallest absolute Gasteiger partial charge is 0.196 e. The first kappa shape index (κ1) is 9.12. The Labute approximate surface area is 82.8 Å². The maximum absolute atomic E-state index is 8.34. The van der Waals surface area contributed by atoms with Crippen molar-refractivity contribution >= 4 is 12.1 Å². The molecule has 0 aromatic carbocycles. The van der Waals surface area contributed by atoms with Crippen LogP contribution in [0.2, 0.25) is 0 Å². The van der Waals surface area contributed by atoms with E-state index >= 15 is 0 Å². The topological polar surface area (TPSA) is 49.0 Å². The third-order valence-corrected chi connectivity index (χ3v) is 2.47. The molecule has 0 amide bonds. The SMILES string of the molecule is O/N=C/c1ccc(N2CCCCC2)o1. The Morgan fingerprint density at radius 3 is 2.79 bits per heavy atom. The molecule has 1 N–H and O–H groups in total. The van der Waals surface area contributed by atoms with Crippen molar-refractivity contribution in [3.8, 4) is 0 Å². The summed E-state index contributed by atoms with van der Waals surface area (Å²) < 4.78 is 5.48. The van der Waals surface area contributed by atoms with Gasteiger partial charge in [0.25, 0.3) is 0 Å². The molecule has 4 heteroatoms. The molecule has 1 aliphatic heterocycles. The molecule has 1 fully saturated rings. The molecule has 14 heavy (non-hydrogen) atoms. The summed E-state index contributed by atoms with van der Waals surface area (Å²) in [6.45, 7) is 2.12. The lowest BCUT2D eigenvalue weighted by molar-refractivity contribution is 0.320. The minimum Gasteiger partial charge on any atom is -0.439 e. The van der Waals surface area contributed by atoms with Crippen LogP contribution in [-0.2, 0) is 0 Å². The Balaban J connectivity index is 2.07. The summed E-state index contributed by atoms with van der Waals surface area (Å²) in [6.07, 6.45) is 5.06. The van der Waals surface area contributed by atoms with Gasteiger partial charge in [-0.05, 0) is 25.3 Å². The first-order chi connectivity index (χ1) is 6.90. The van der Waals surface area contributed by atoms with E-state index in [1.807, 2.05) is 12.1 Å². The van der Waals surface area contributed by atoms with E-state index in [1.54, 1.807) is 0 Å². The first-order valence-corrected chi connectivity index (χ1v) is 4.92. The number of hydrogen-bond donors (Lipinski definition) is 1. The van der Waals surface area contributed by atoms with E-state index in [-0.39, 0.29) is 0 Å². The fourth-order valence-corrected chi connectivity index (χ4v) is 1.75. The van der Waals surface area contributed by atoms with Gasteiger partial charge in [0.05, 0.1) is 0 Å². The van der Waals surface area contributed by atoms with Crippen LogP contribution < -0.4 is 4.90 Å². The summed E-state index contributed by atoms with van der Waals surface area (Å²) in [4.78, 5) is 2.22. The second-order valence-electron chi connectivity index (χ2n) is 3.47. The monoisotopic (exact) mass is 194 g/mol. The van der Waals surface area contributed by atoms with E-state index in [1.165, 1.54) is 25.5 Å². The summed E-state index contributed by atoms with van der Waals surface area (Å²) in [7, 11) is 0. The molecule has 4 nitrogen and oxygen atoms in total. The Kier molecular flexibility index (Phi) is 2.72. The number of anilines is 1. The van der Waals surface area contributed by atoms with E-state index in [0.29, 0.717) is 5.76 Å².